The van der Waals surface area contributed by atoms with Gasteiger partial charge in [-0.15, -0.1) is 0 Å². The van der Waals surface area contributed by atoms with Crippen LogP contribution in [0.3, 0.4) is 0 Å². The molecule has 3 nitrogen and oxygen atoms in total. The van der Waals surface area contributed by atoms with Gasteiger partial charge in [-0.05, 0) is 34.1 Å². The maximum atomic E-state index is 10.7. The lowest BCUT2D eigenvalue weighted by molar-refractivity contribution is -0.117. The number of carbonyl (C=O) groups excluding carboxylic acids is 2. The van der Waals surface area contributed by atoms with Crippen molar-refractivity contribution in [2.24, 2.45) is 0 Å². The molecule has 0 aliphatic rings. The first-order valence-electron chi connectivity index (χ1n) is 4.57. The first-order chi connectivity index (χ1) is 5.85. The van der Waals surface area contributed by atoms with Crippen molar-refractivity contribution >= 4 is 12.1 Å². The number of hydrogen-bond donors (Lipinski definition) is 1. The number of hydrogen-bond acceptors (Lipinski definition) is 3. The van der Waals surface area contributed by atoms with Gasteiger partial charge in [0.15, 0.2) is 0 Å². The summed E-state index contributed by atoms with van der Waals surface area (Å²) >= 11 is 0. The summed E-state index contributed by atoms with van der Waals surface area (Å²) in [5.74, 6) is 0.127. The Morgan fingerprint density at radius 1 is 1.46 bits per heavy atom. The molecule has 0 aromatic heterocycles. The maximum Gasteiger partial charge on any atom is 0.136 e. The van der Waals surface area contributed by atoms with E-state index in [9.17, 15) is 9.59 Å². The molecule has 0 heterocycles. The van der Waals surface area contributed by atoms with Gasteiger partial charge in [0.25, 0.3) is 0 Å². The molecular weight excluding hydrogens is 166 g/mol. The topological polar surface area (TPSA) is 46.2 Å². The van der Waals surface area contributed by atoms with Gasteiger partial charge in [-0.3, -0.25) is 0 Å². The van der Waals surface area contributed by atoms with Crippen LogP contribution in [0.4, 0.5) is 0 Å². The Hall–Kier alpha value is -0.700. The van der Waals surface area contributed by atoms with E-state index < -0.39 is 0 Å². The quantitative estimate of drug-likeness (QED) is 0.657. The van der Waals surface area contributed by atoms with E-state index >= 15 is 0 Å². The molecule has 0 saturated carbocycles. The minimum Gasteiger partial charge on any atom is -0.303 e. The van der Waals surface area contributed by atoms with Gasteiger partial charge in [-0.1, -0.05) is 0 Å². The lowest BCUT2D eigenvalue weighted by Gasteiger charge is -2.24. The van der Waals surface area contributed by atoms with Crippen LogP contribution in [0.1, 0.15) is 40.5 Å². The van der Waals surface area contributed by atoms with Crippen LogP contribution >= 0.6 is 0 Å². The van der Waals surface area contributed by atoms with E-state index in [1.807, 2.05) is 20.8 Å². The normalized spacial score (nSPS) is 13.8. The van der Waals surface area contributed by atoms with Gasteiger partial charge in [0.05, 0.1) is 6.04 Å². The van der Waals surface area contributed by atoms with Crippen LogP contribution in [-0.2, 0) is 9.59 Å². The number of ketones is 1. The average Bonchev–Trinajstić information content (AvgIpc) is 1.95. The molecule has 0 aliphatic heterocycles. The van der Waals surface area contributed by atoms with Crippen molar-refractivity contribution in [2.45, 2.75) is 52.1 Å². The van der Waals surface area contributed by atoms with Gasteiger partial charge in [-0.2, -0.15) is 0 Å². The third-order valence-corrected chi connectivity index (χ3v) is 1.59. The molecule has 0 radical (unpaired) electrons. The fourth-order valence-corrected chi connectivity index (χ4v) is 1.09. The fraction of sp³-hybridized carbons (Fsp3) is 0.800. The minimum atomic E-state index is -0.205. The molecule has 0 bridgehead atoms. The van der Waals surface area contributed by atoms with Crippen LogP contribution in [-0.4, -0.2) is 23.7 Å². The first-order valence-corrected chi connectivity index (χ1v) is 4.57. The number of rotatable bonds is 5. The lowest BCUT2D eigenvalue weighted by Crippen LogP contribution is -2.44. The molecule has 3 heteroatoms. The molecule has 0 aliphatic carbocycles. The molecule has 0 unspecified atom stereocenters. The molecule has 0 spiro atoms. The highest BCUT2D eigenvalue weighted by atomic mass is 16.1. The average molecular weight is 185 g/mol. The van der Waals surface area contributed by atoms with Crippen LogP contribution in [0.15, 0.2) is 0 Å². The third-order valence-electron chi connectivity index (χ3n) is 1.59. The van der Waals surface area contributed by atoms with Gasteiger partial charge in [0.2, 0.25) is 0 Å². The zero-order valence-electron chi connectivity index (χ0n) is 8.89. The van der Waals surface area contributed by atoms with E-state index in [1.54, 1.807) is 6.92 Å². The zero-order valence-corrected chi connectivity index (χ0v) is 8.89. The summed E-state index contributed by atoms with van der Waals surface area (Å²) in [5, 5.41) is 3.14. The molecular formula is C10H19NO2. The van der Waals surface area contributed by atoms with Gasteiger partial charge >= 0.3 is 0 Å². The second-order valence-corrected chi connectivity index (χ2v) is 4.38. The Bertz CT molecular complexity index is 182. The predicted molar refractivity (Wildman–Crippen MR) is 52.7 cm³/mol. The molecule has 0 amide bonds. The van der Waals surface area contributed by atoms with Gasteiger partial charge in [0.1, 0.15) is 12.1 Å². The van der Waals surface area contributed by atoms with Crippen molar-refractivity contribution in [3.63, 3.8) is 0 Å². The Morgan fingerprint density at radius 3 is 2.31 bits per heavy atom. The smallest absolute Gasteiger partial charge is 0.136 e. The van der Waals surface area contributed by atoms with E-state index in [2.05, 4.69) is 5.32 Å². The van der Waals surface area contributed by atoms with E-state index in [0.29, 0.717) is 12.8 Å². The minimum absolute atomic E-state index is 0.0810. The standard InChI is InChI=1S/C10H19NO2/c1-8(13)5-6-9(7-12)11-10(2,3)4/h7,9,11H,5-6H2,1-4H3/t9-/m0/s1. The second kappa shape index (κ2) is 5.12. The van der Waals surface area contributed by atoms with E-state index in [-0.39, 0.29) is 17.4 Å². The van der Waals surface area contributed by atoms with Crippen molar-refractivity contribution in [3.8, 4) is 0 Å². The fourth-order valence-electron chi connectivity index (χ4n) is 1.09. The number of carbonyl (C=O) groups is 2. The highest BCUT2D eigenvalue weighted by Crippen LogP contribution is 2.04. The highest BCUT2D eigenvalue weighted by molar-refractivity contribution is 5.76. The summed E-state index contributed by atoms with van der Waals surface area (Å²) in [6.45, 7) is 7.53. The van der Waals surface area contributed by atoms with E-state index in [1.165, 1.54) is 0 Å². The van der Waals surface area contributed by atoms with Crippen LogP contribution in [0.5, 0.6) is 0 Å². The van der Waals surface area contributed by atoms with E-state index in [0.717, 1.165) is 6.29 Å². The largest absolute Gasteiger partial charge is 0.303 e. The Labute approximate surface area is 79.9 Å². The van der Waals surface area contributed by atoms with Crippen molar-refractivity contribution in [1.29, 1.82) is 0 Å². The molecule has 0 fully saturated rings. The predicted octanol–water partition coefficient (Wildman–Crippen LogP) is 1.31. The maximum absolute atomic E-state index is 10.7. The van der Waals surface area contributed by atoms with Gasteiger partial charge in [0, 0.05) is 12.0 Å². The summed E-state index contributed by atoms with van der Waals surface area (Å²) in [5.41, 5.74) is -0.0810. The van der Waals surface area contributed by atoms with Crippen molar-refractivity contribution in [3.05, 3.63) is 0 Å². The SMILES string of the molecule is CC(=O)CC[C@@H](C=O)NC(C)(C)C. The molecule has 76 valence electrons. The molecule has 0 aromatic rings. The summed E-state index contributed by atoms with van der Waals surface area (Å²) in [6, 6.07) is -0.205. The summed E-state index contributed by atoms with van der Waals surface area (Å²) in [7, 11) is 0. The molecule has 1 N–H and O–H groups in total. The van der Waals surface area contributed by atoms with Gasteiger partial charge in [-0.25, -0.2) is 0 Å². The molecule has 0 saturated heterocycles. The number of Topliss-reactive ketones (excluding diaryl/α,β-unsaturated/α-hetero) is 1. The number of aldehydes is 1. The summed E-state index contributed by atoms with van der Waals surface area (Å²) in [6.07, 6.45) is 1.93. The van der Waals surface area contributed by atoms with Crippen molar-refractivity contribution in [2.75, 3.05) is 0 Å². The Morgan fingerprint density at radius 2 is 2.00 bits per heavy atom. The first kappa shape index (κ1) is 12.3. The van der Waals surface area contributed by atoms with Crippen LogP contribution in [0.25, 0.3) is 0 Å². The third kappa shape index (κ3) is 7.65. The van der Waals surface area contributed by atoms with Crippen molar-refractivity contribution < 1.29 is 9.59 Å². The second-order valence-electron chi connectivity index (χ2n) is 4.38. The monoisotopic (exact) mass is 185 g/mol. The molecule has 0 aromatic carbocycles. The molecule has 1 atom stereocenters. The molecule has 13 heavy (non-hydrogen) atoms. The van der Waals surface area contributed by atoms with Crippen molar-refractivity contribution in [1.82, 2.24) is 5.32 Å². The lowest BCUT2D eigenvalue weighted by atomic mass is 10.0. The Balaban J connectivity index is 3.90. The number of nitrogens with one attached hydrogen (secondary N) is 1. The van der Waals surface area contributed by atoms with Crippen LogP contribution in [0.2, 0.25) is 0 Å². The summed E-state index contributed by atoms with van der Waals surface area (Å²) in [4.78, 5) is 21.3. The van der Waals surface area contributed by atoms with Gasteiger partial charge < -0.3 is 14.9 Å². The van der Waals surface area contributed by atoms with E-state index in [4.69, 9.17) is 0 Å². The van der Waals surface area contributed by atoms with Crippen LogP contribution < -0.4 is 5.32 Å². The highest BCUT2D eigenvalue weighted by Gasteiger charge is 2.16. The summed E-state index contributed by atoms with van der Waals surface area (Å²) < 4.78 is 0. The zero-order chi connectivity index (χ0) is 10.5. The van der Waals surface area contributed by atoms with Crippen LogP contribution in [0, 0.1) is 0 Å². The molecule has 0 rings (SSSR count). The Kier molecular flexibility index (Phi) is 4.85.